The van der Waals surface area contributed by atoms with Crippen molar-refractivity contribution in [1.29, 1.82) is 0 Å². The highest BCUT2D eigenvalue weighted by atomic mass is 32.2. The number of aromatic nitrogens is 1. The van der Waals surface area contributed by atoms with Crippen molar-refractivity contribution in [2.75, 3.05) is 32.6 Å². The summed E-state index contributed by atoms with van der Waals surface area (Å²) in [6.07, 6.45) is 1.30. The molecule has 2 aliphatic heterocycles. The molecule has 2 saturated heterocycles. The van der Waals surface area contributed by atoms with E-state index in [1.807, 2.05) is 23.6 Å². The lowest BCUT2D eigenvalue weighted by molar-refractivity contribution is -0.140. The molecular weight excluding hydrogens is 308 g/mol. The number of methoxy groups -OCH3 is 1. The maximum atomic E-state index is 11.7. The summed E-state index contributed by atoms with van der Waals surface area (Å²) in [4.78, 5) is 18.0. The minimum absolute atomic E-state index is 0.0889. The number of ether oxygens (including phenoxy) is 2. The van der Waals surface area contributed by atoms with E-state index in [2.05, 4.69) is 10.4 Å². The van der Waals surface area contributed by atoms with Gasteiger partial charge in [0.1, 0.15) is 6.61 Å². The summed E-state index contributed by atoms with van der Waals surface area (Å²) >= 11 is 3.60. The summed E-state index contributed by atoms with van der Waals surface area (Å²) < 4.78 is 11.1. The van der Waals surface area contributed by atoms with Gasteiger partial charge in [-0.25, -0.2) is 4.98 Å². The van der Waals surface area contributed by atoms with Crippen molar-refractivity contribution in [3.63, 3.8) is 0 Å². The highest BCUT2D eigenvalue weighted by Gasteiger charge is 2.50. The van der Waals surface area contributed by atoms with Crippen LogP contribution >= 0.6 is 23.1 Å². The molecule has 2 fully saturated rings. The maximum absolute atomic E-state index is 11.7. The number of amides is 1. The van der Waals surface area contributed by atoms with Gasteiger partial charge in [-0.3, -0.25) is 4.79 Å². The SMILES string of the molecule is COCC(=O)N1CC2(CC(OCc3csc(C)n3)CS2)C1. The Morgan fingerprint density at radius 3 is 3.05 bits per heavy atom. The van der Waals surface area contributed by atoms with Gasteiger partial charge in [-0.1, -0.05) is 0 Å². The van der Waals surface area contributed by atoms with Crippen molar-refractivity contribution < 1.29 is 14.3 Å². The smallest absolute Gasteiger partial charge is 0.248 e. The molecule has 3 heterocycles. The van der Waals surface area contributed by atoms with Gasteiger partial charge < -0.3 is 14.4 Å². The molecular formula is C14H20N2O3S2. The molecule has 21 heavy (non-hydrogen) atoms. The van der Waals surface area contributed by atoms with Crippen LogP contribution in [0.3, 0.4) is 0 Å². The number of carbonyl (C=O) groups excluding carboxylic acids is 1. The largest absolute Gasteiger partial charge is 0.375 e. The monoisotopic (exact) mass is 328 g/mol. The van der Waals surface area contributed by atoms with Crippen molar-refractivity contribution in [3.05, 3.63) is 16.1 Å². The first-order chi connectivity index (χ1) is 10.1. The Kier molecular flexibility index (Phi) is 4.54. The number of likely N-dealkylation sites (tertiary alicyclic amines) is 1. The van der Waals surface area contributed by atoms with Gasteiger partial charge in [-0.15, -0.1) is 23.1 Å². The summed E-state index contributed by atoms with van der Waals surface area (Å²) in [5, 5.41) is 3.14. The zero-order valence-corrected chi connectivity index (χ0v) is 14.0. The molecule has 1 atom stereocenters. The van der Waals surface area contributed by atoms with E-state index in [9.17, 15) is 4.79 Å². The van der Waals surface area contributed by atoms with E-state index < -0.39 is 0 Å². The van der Waals surface area contributed by atoms with Gasteiger partial charge in [0.05, 0.1) is 28.2 Å². The van der Waals surface area contributed by atoms with E-state index in [4.69, 9.17) is 9.47 Å². The second kappa shape index (κ2) is 6.24. The minimum Gasteiger partial charge on any atom is -0.375 e. The number of nitrogens with zero attached hydrogens (tertiary/aromatic N) is 2. The van der Waals surface area contributed by atoms with Crippen LogP contribution in [0.15, 0.2) is 5.38 Å². The Hall–Kier alpha value is -0.630. The van der Waals surface area contributed by atoms with Crippen molar-refractivity contribution >= 4 is 29.0 Å². The number of hydrogen-bond donors (Lipinski definition) is 0. The van der Waals surface area contributed by atoms with Gasteiger partial charge in [-0.05, 0) is 13.3 Å². The Bertz CT molecular complexity index is 514. The predicted molar refractivity (Wildman–Crippen MR) is 83.7 cm³/mol. The molecule has 0 aliphatic carbocycles. The molecule has 1 spiro atoms. The van der Waals surface area contributed by atoms with Crippen LogP contribution in [0.5, 0.6) is 0 Å². The third-order valence-electron chi connectivity index (χ3n) is 3.89. The van der Waals surface area contributed by atoms with Crippen LogP contribution in [0.2, 0.25) is 0 Å². The average molecular weight is 328 g/mol. The quantitative estimate of drug-likeness (QED) is 0.823. The van der Waals surface area contributed by atoms with Crippen molar-refractivity contribution in [3.8, 4) is 0 Å². The Morgan fingerprint density at radius 1 is 1.57 bits per heavy atom. The van der Waals surface area contributed by atoms with E-state index >= 15 is 0 Å². The lowest BCUT2D eigenvalue weighted by Gasteiger charge is -2.47. The van der Waals surface area contributed by atoms with E-state index in [1.165, 1.54) is 0 Å². The summed E-state index contributed by atoms with van der Waals surface area (Å²) in [7, 11) is 1.56. The molecule has 1 aromatic heterocycles. The average Bonchev–Trinajstić information content (AvgIpc) is 3.01. The van der Waals surface area contributed by atoms with E-state index in [1.54, 1.807) is 18.4 Å². The van der Waals surface area contributed by atoms with Crippen LogP contribution in [-0.2, 0) is 20.9 Å². The van der Waals surface area contributed by atoms with E-state index in [0.29, 0.717) is 6.61 Å². The third kappa shape index (κ3) is 3.41. The molecule has 3 rings (SSSR count). The Labute approximate surface area is 133 Å². The lowest BCUT2D eigenvalue weighted by atomic mass is 9.93. The van der Waals surface area contributed by atoms with Crippen LogP contribution in [0, 0.1) is 6.92 Å². The maximum Gasteiger partial charge on any atom is 0.248 e. The molecule has 0 aromatic carbocycles. The number of aryl methyl sites for hydroxylation is 1. The number of thiazole rings is 1. The summed E-state index contributed by atoms with van der Waals surface area (Å²) in [6, 6.07) is 0. The van der Waals surface area contributed by atoms with Gasteiger partial charge in [-0.2, -0.15) is 0 Å². The number of rotatable bonds is 5. The molecule has 5 nitrogen and oxygen atoms in total. The molecule has 2 aliphatic rings. The number of carbonyl (C=O) groups is 1. The minimum atomic E-state index is 0.0889. The van der Waals surface area contributed by atoms with Crippen LogP contribution < -0.4 is 0 Å². The molecule has 0 saturated carbocycles. The third-order valence-corrected chi connectivity index (χ3v) is 6.29. The van der Waals surface area contributed by atoms with Gasteiger partial charge >= 0.3 is 0 Å². The second-order valence-electron chi connectivity index (χ2n) is 5.67. The van der Waals surface area contributed by atoms with Crippen LogP contribution in [-0.4, -0.2) is 59.2 Å². The molecule has 0 bridgehead atoms. The Morgan fingerprint density at radius 2 is 2.38 bits per heavy atom. The highest BCUT2D eigenvalue weighted by molar-refractivity contribution is 8.01. The van der Waals surface area contributed by atoms with Gasteiger partial charge in [0.2, 0.25) is 5.91 Å². The van der Waals surface area contributed by atoms with Crippen LogP contribution in [0.4, 0.5) is 0 Å². The summed E-state index contributed by atoms with van der Waals surface area (Å²) in [5.41, 5.74) is 1.02. The fourth-order valence-corrected chi connectivity index (χ4v) is 5.00. The van der Waals surface area contributed by atoms with E-state index in [0.717, 1.165) is 36.0 Å². The van der Waals surface area contributed by atoms with E-state index in [-0.39, 0.29) is 23.4 Å². The summed E-state index contributed by atoms with van der Waals surface area (Å²) in [5.74, 6) is 1.10. The molecule has 1 unspecified atom stereocenters. The fourth-order valence-electron chi connectivity index (χ4n) is 2.85. The molecule has 1 amide bonds. The zero-order chi connectivity index (χ0) is 14.9. The zero-order valence-electron chi connectivity index (χ0n) is 12.3. The van der Waals surface area contributed by atoms with Gasteiger partial charge in [0.15, 0.2) is 0 Å². The fraction of sp³-hybridized carbons (Fsp3) is 0.714. The first-order valence-corrected chi connectivity index (χ1v) is 8.90. The standard InChI is InChI=1S/C14H20N2O3S2/c1-10-15-11(6-20-10)4-19-12-3-14(21-7-12)8-16(9-14)13(17)5-18-2/h6,12H,3-5,7-9H2,1-2H3. The van der Waals surface area contributed by atoms with Gasteiger partial charge in [0.25, 0.3) is 0 Å². The number of hydrogen-bond acceptors (Lipinski definition) is 6. The highest BCUT2D eigenvalue weighted by Crippen LogP contribution is 2.46. The first kappa shape index (κ1) is 15.3. The lowest BCUT2D eigenvalue weighted by Crippen LogP contribution is -2.61. The van der Waals surface area contributed by atoms with Crippen LogP contribution in [0.1, 0.15) is 17.1 Å². The predicted octanol–water partition coefficient (Wildman–Crippen LogP) is 1.70. The topological polar surface area (TPSA) is 51.7 Å². The van der Waals surface area contributed by atoms with Gasteiger partial charge in [0, 0.05) is 31.3 Å². The normalized spacial score (nSPS) is 23.5. The molecule has 0 radical (unpaired) electrons. The van der Waals surface area contributed by atoms with Crippen molar-refractivity contribution in [2.24, 2.45) is 0 Å². The molecule has 0 N–H and O–H groups in total. The summed E-state index contributed by atoms with van der Waals surface area (Å²) in [6.45, 7) is 4.45. The molecule has 116 valence electrons. The first-order valence-electron chi connectivity index (χ1n) is 7.03. The van der Waals surface area contributed by atoms with Crippen LogP contribution in [0.25, 0.3) is 0 Å². The molecule has 7 heteroatoms. The Balaban J connectivity index is 1.43. The molecule has 1 aromatic rings. The number of thioether (sulfide) groups is 1. The van der Waals surface area contributed by atoms with Crippen molar-refractivity contribution in [1.82, 2.24) is 9.88 Å². The van der Waals surface area contributed by atoms with Crippen molar-refractivity contribution in [2.45, 2.75) is 30.8 Å². The second-order valence-corrected chi connectivity index (χ2v) is 8.22.